The van der Waals surface area contributed by atoms with Crippen LogP contribution in [0.2, 0.25) is 5.02 Å². The van der Waals surface area contributed by atoms with E-state index in [9.17, 15) is 14.7 Å². The Labute approximate surface area is 187 Å². The van der Waals surface area contributed by atoms with E-state index in [1.165, 1.54) is 4.90 Å². The van der Waals surface area contributed by atoms with Crippen LogP contribution in [-0.4, -0.2) is 48.1 Å². The number of para-hydroxylation sites is 1. The highest BCUT2D eigenvalue weighted by Gasteiger charge is 2.46. The van der Waals surface area contributed by atoms with Crippen molar-refractivity contribution in [3.63, 3.8) is 0 Å². The first-order valence-electron chi connectivity index (χ1n) is 10.1. The van der Waals surface area contributed by atoms with E-state index in [0.29, 0.717) is 41.5 Å². The molecule has 2 aromatic rings. The smallest absolute Gasteiger partial charge is 0.295 e. The topological polar surface area (TPSA) is 76.1 Å². The largest absolute Gasteiger partial charge is 0.507 e. The summed E-state index contributed by atoms with van der Waals surface area (Å²) in [4.78, 5) is 27.5. The molecule has 0 aliphatic carbocycles. The van der Waals surface area contributed by atoms with Gasteiger partial charge in [0.2, 0.25) is 0 Å². The molecule has 2 aromatic carbocycles. The minimum atomic E-state index is -0.775. The lowest BCUT2D eigenvalue weighted by Crippen LogP contribution is -2.31. The van der Waals surface area contributed by atoms with Crippen LogP contribution in [0.15, 0.2) is 54.1 Å². The second-order valence-corrected chi connectivity index (χ2v) is 7.99. The van der Waals surface area contributed by atoms with Crippen LogP contribution in [0.5, 0.6) is 5.75 Å². The average molecular weight is 444 g/mol. The third kappa shape index (κ3) is 4.92. The monoisotopic (exact) mass is 443 g/mol. The molecule has 1 aliphatic heterocycles. The lowest BCUT2D eigenvalue weighted by atomic mass is 9.94. The first-order valence-corrected chi connectivity index (χ1v) is 10.5. The Hall–Kier alpha value is -2.83. The summed E-state index contributed by atoms with van der Waals surface area (Å²) in [6.07, 6.45) is 0.446. The zero-order chi connectivity index (χ0) is 22.5. The van der Waals surface area contributed by atoms with Crippen molar-refractivity contribution in [1.29, 1.82) is 0 Å². The van der Waals surface area contributed by atoms with E-state index in [2.05, 4.69) is 0 Å². The van der Waals surface area contributed by atoms with E-state index in [0.717, 1.165) is 0 Å². The first kappa shape index (κ1) is 22.8. The SMILES string of the molecule is COCCCN1C(=O)C(=O)/C(=C(\O)c2ccc(Cl)cc2)C1c1ccccc1OC(C)C. The standard InChI is InChI=1S/C24H26ClNO5/c1-15(2)31-19-8-5-4-7-18(19)21-20(22(27)16-9-11-17(25)12-10-16)23(28)24(29)26(21)13-6-14-30-3/h4-5,7-12,15,21,27H,6,13-14H2,1-3H3/b22-20-. The highest BCUT2D eigenvalue weighted by atomic mass is 35.5. The Morgan fingerprint density at radius 2 is 1.81 bits per heavy atom. The van der Waals surface area contributed by atoms with Crippen LogP contribution in [-0.2, 0) is 14.3 Å². The van der Waals surface area contributed by atoms with Crippen molar-refractivity contribution < 1.29 is 24.2 Å². The number of likely N-dealkylation sites (tertiary alicyclic amines) is 1. The van der Waals surface area contributed by atoms with Crippen molar-refractivity contribution in [3.8, 4) is 5.75 Å². The van der Waals surface area contributed by atoms with E-state index < -0.39 is 17.7 Å². The highest BCUT2D eigenvalue weighted by molar-refractivity contribution is 6.46. The number of Topliss-reactive ketones (excluding diaryl/α,β-unsaturated/α-hetero) is 1. The molecule has 0 bridgehead atoms. The minimum Gasteiger partial charge on any atom is -0.507 e. The molecule has 0 radical (unpaired) electrons. The van der Waals surface area contributed by atoms with Crippen molar-refractivity contribution in [1.82, 2.24) is 4.90 Å². The summed E-state index contributed by atoms with van der Waals surface area (Å²) >= 11 is 5.96. The quantitative estimate of drug-likeness (QED) is 0.279. The number of halogens is 1. The highest BCUT2D eigenvalue weighted by Crippen LogP contribution is 2.43. The van der Waals surface area contributed by atoms with Gasteiger partial charge in [0.25, 0.3) is 11.7 Å². The molecule has 0 saturated carbocycles. The van der Waals surface area contributed by atoms with Crippen molar-refractivity contribution in [2.75, 3.05) is 20.3 Å². The normalized spacial score (nSPS) is 18.1. The third-order valence-electron chi connectivity index (χ3n) is 4.98. The van der Waals surface area contributed by atoms with Crippen LogP contribution < -0.4 is 4.74 Å². The first-order chi connectivity index (χ1) is 14.8. The second kappa shape index (κ2) is 9.98. The molecule has 0 spiro atoms. The molecule has 1 heterocycles. The molecule has 1 unspecified atom stereocenters. The van der Waals surface area contributed by atoms with Gasteiger partial charge in [0.05, 0.1) is 17.7 Å². The van der Waals surface area contributed by atoms with E-state index in [-0.39, 0.29) is 17.4 Å². The van der Waals surface area contributed by atoms with Crippen LogP contribution in [0.25, 0.3) is 5.76 Å². The zero-order valence-corrected chi connectivity index (χ0v) is 18.6. The summed E-state index contributed by atoms with van der Waals surface area (Å²) in [6.45, 7) is 4.55. The van der Waals surface area contributed by atoms with Crippen LogP contribution in [0, 0.1) is 0 Å². The number of amides is 1. The number of aliphatic hydroxyl groups is 1. The van der Waals surface area contributed by atoms with Gasteiger partial charge in [-0.1, -0.05) is 29.8 Å². The zero-order valence-electron chi connectivity index (χ0n) is 17.8. The summed E-state index contributed by atoms with van der Waals surface area (Å²) in [5.74, 6) is -1.07. The molecule has 1 N–H and O–H groups in total. The lowest BCUT2D eigenvalue weighted by molar-refractivity contribution is -0.140. The van der Waals surface area contributed by atoms with Crippen molar-refractivity contribution in [2.24, 2.45) is 0 Å². The van der Waals surface area contributed by atoms with Gasteiger partial charge in [-0.3, -0.25) is 9.59 Å². The fourth-order valence-corrected chi connectivity index (χ4v) is 3.77. The maximum absolute atomic E-state index is 13.0. The number of carbonyl (C=O) groups is 2. The Morgan fingerprint density at radius 3 is 2.45 bits per heavy atom. The predicted octanol–water partition coefficient (Wildman–Crippen LogP) is 4.59. The molecular formula is C24H26ClNO5. The molecule has 6 nitrogen and oxygen atoms in total. The van der Waals surface area contributed by atoms with E-state index in [4.69, 9.17) is 21.1 Å². The fraction of sp³-hybridized carbons (Fsp3) is 0.333. The lowest BCUT2D eigenvalue weighted by Gasteiger charge is -2.27. The molecule has 1 fully saturated rings. The minimum absolute atomic E-state index is 0.0320. The summed E-state index contributed by atoms with van der Waals surface area (Å²) in [5, 5.41) is 11.6. The second-order valence-electron chi connectivity index (χ2n) is 7.55. The van der Waals surface area contributed by atoms with E-state index in [1.54, 1.807) is 37.4 Å². The molecule has 0 aromatic heterocycles. The fourth-order valence-electron chi connectivity index (χ4n) is 3.64. The van der Waals surface area contributed by atoms with E-state index in [1.807, 2.05) is 32.0 Å². The molecule has 164 valence electrons. The van der Waals surface area contributed by atoms with Gasteiger partial charge in [0.15, 0.2) is 0 Å². The van der Waals surface area contributed by atoms with Gasteiger partial charge >= 0.3 is 0 Å². The number of carbonyl (C=O) groups excluding carboxylic acids is 2. The number of ketones is 1. The molecule has 1 saturated heterocycles. The molecule has 1 atom stereocenters. The van der Waals surface area contributed by atoms with Crippen LogP contribution in [0.4, 0.5) is 0 Å². The number of hydrogen-bond donors (Lipinski definition) is 1. The number of aliphatic hydroxyl groups excluding tert-OH is 1. The van der Waals surface area contributed by atoms with Gasteiger partial charge < -0.3 is 19.5 Å². The summed E-state index contributed by atoms with van der Waals surface area (Å²) in [7, 11) is 1.58. The molecule has 1 amide bonds. The Balaban J connectivity index is 2.16. The summed E-state index contributed by atoms with van der Waals surface area (Å²) in [6, 6.07) is 13.0. The van der Waals surface area contributed by atoms with Gasteiger partial charge in [0.1, 0.15) is 11.5 Å². The van der Waals surface area contributed by atoms with Crippen LogP contribution >= 0.6 is 11.6 Å². The molecule has 3 rings (SSSR count). The summed E-state index contributed by atoms with van der Waals surface area (Å²) in [5.41, 5.74) is 1.08. The van der Waals surface area contributed by atoms with Gasteiger partial charge in [-0.05, 0) is 50.6 Å². The summed E-state index contributed by atoms with van der Waals surface area (Å²) < 4.78 is 11.1. The number of nitrogens with zero attached hydrogens (tertiary/aromatic N) is 1. The molecular weight excluding hydrogens is 418 g/mol. The van der Waals surface area contributed by atoms with Crippen molar-refractivity contribution in [2.45, 2.75) is 32.4 Å². The number of benzene rings is 2. The average Bonchev–Trinajstić information content (AvgIpc) is 2.99. The van der Waals surface area contributed by atoms with Crippen LogP contribution in [0.3, 0.4) is 0 Å². The maximum atomic E-state index is 13.0. The van der Waals surface area contributed by atoms with E-state index >= 15 is 0 Å². The number of rotatable bonds is 8. The van der Waals surface area contributed by atoms with Crippen LogP contribution in [0.1, 0.15) is 37.4 Å². The van der Waals surface area contributed by atoms with Gasteiger partial charge in [-0.15, -0.1) is 0 Å². The number of hydrogen-bond acceptors (Lipinski definition) is 5. The Morgan fingerprint density at radius 1 is 1.13 bits per heavy atom. The Kier molecular flexibility index (Phi) is 7.36. The number of methoxy groups -OCH3 is 1. The van der Waals surface area contributed by atoms with Crippen molar-refractivity contribution >= 4 is 29.1 Å². The number of ether oxygens (including phenoxy) is 2. The van der Waals surface area contributed by atoms with Gasteiger partial charge in [-0.25, -0.2) is 0 Å². The Bertz CT molecular complexity index is 984. The van der Waals surface area contributed by atoms with Gasteiger partial charge in [-0.2, -0.15) is 0 Å². The predicted molar refractivity (Wildman–Crippen MR) is 119 cm³/mol. The third-order valence-corrected chi connectivity index (χ3v) is 5.23. The molecule has 7 heteroatoms. The van der Waals surface area contributed by atoms with Gasteiger partial charge in [0, 0.05) is 36.4 Å². The van der Waals surface area contributed by atoms with Crippen molar-refractivity contribution in [3.05, 3.63) is 70.3 Å². The maximum Gasteiger partial charge on any atom is 0.295 e. The molecule has 1 aliphatic rings. The molecule has 31 heavy (non-hydrogen) atoms.